The highest BCUT2D eigenvalue weighted by Gasteiger charge is 2.33. The molecule has 6 heteroatoms. The van der Waals surface area contributed by atoms with Gasteiger partial charge in [-0.3, -0.25) is 5.32 Å². The van der Waals surface area contributed by atoms with Gasteiger partial charge in [0.2, 0.25) is 0 Å². The molecule has 0 saturated carbocycles. The predicted molar refractivity (Wildman–Crippen MR) is 358 cm³/mol. The molecule has 4 aliphatic rings. The largest absolute Gasteiger partial charge is 0.350 e. The molecule has 6 nitrogen and oxygen atoms in total. The first-order valence-electron chi connectivity index (χ1n) is 30.1. The van der Waals surface area contributed by atoms with Gasteiger partial charge in [0.1, 0.15) is 30.2 Å². The lowest BCUT2D eigenvalue weighted by Crippen LogP contribution is -2.45. The minimum absolute atomic E-state index is 0.188. The fourth-order valence-corrected chi connectivity index (χ4v) is 13.6. The zero-order valence-corrected chi connectivity index (χ0v) is 47.4. The van der Waals surface area contributed by atoms with Crippen LogP contribution in [0.2, 0.25) is 0 Å². The molecule has 3 N–H and O–H groups in total. The minimum atomic E-state index is -0.308. The Morgan fingerprint density at radius 1 is 0.360 bits per heavy atom. The second-order valence-electron chi connectivity index (χ2n) is 23.0. The average Bonchev–Trinajstić information content (AvgIpc) is 1.69. The first kappa shape index (κ1) is 51.1. The molecule has 86 heavy (non-hydrogen) atoms. The zero-order valence-electron chi connectivity index (χ0n) is 47.4. The molecule has 12 aromatic rings. The first-order chi connectivity index (χ1) is 42.6. The predicted octanol–water partition coefficient (Wildman–Crippen LogP) is 18.6. The summed E-state index contributed by atoms with van der Waals surface area (Å²) in [5.41, 5.74) is 17.4. The molecule has 0 saturated heterocycles. The maximum Gasteiger partial charge on any atom is 0.159 e. The molecular weight excluding hydrogens is 1040 g/mol. The Hall–Kier alpha value is -10.5. The van der Waals surface area contributed by atoms with Crippen molar-refractivity contribution < 1.29 is 0 Å². The summed E-state index contributed by atoms with van der Waals surface area (Å²) >= 11 is 0. The Kier molecular flexibility index (Phi) is 13.0. The van der Waals surface area contributed by atoms with Crippen molar-refractivity contribution >= 4 is 60.6 Å². The number of nitrogens with one attached hydrogen (secondary N) is 3. The van der Waals surface area contributed by atoms with Crippen molar-refractivity contribution in [2.75, 3.05) is 0 Å². The number of aliphatic imine (C=N–C) groups is 3. The number of amidine groups is 3. The van der Waals surface area contributed by atoms with Gasteiger partial charge in [0.15, 0.2) is 5.84 Å². The molecule has 2 aliphatic carbocycles. The second kappa shape index (κ2) is 21.9. The third-order valence-electron chi connectivity index (χ3n) is 17.9. The molecule has 0 aromatic heterocycles. The summed E-state index contributed by atoms with van der Waals surface area (Å²) in [5, 5.41) is 21.5. The highest BCUT2D eigenvalue weighted by molar-refractivity contribution is 6.19. The van der Waals surface area contributed by atoms with E-state index in [9.17, 15) is 0 Å². The molecule has 4 unspecified atom stereocenters. The lowest BCUT2D eigenvalue weighted by molar-refractivity contribution is 0.409. The topological polar surface area (TPSA) is 73.2 Å². The molecule has 0 fully saturated rings. The van der Waals surface area contributed by atoms with Crippen LogP contribution in [0, 0.1) is 5.92 Å². The van der Waals surface area contributed by atoms with Gasteiger partial charge in [0.05, 0.1) is 0 Å². The van der Waals surface area contributed by atoms with Gasteiger partial charge in [0.25, 0.3) is 0 Å². The van der Waals surface area contributed by atoms with Gasteiger partial charge in [-0.2, -0.15) is 0 Å². The van der Waals surface area contributed by atoms with Crippen molar-refractivity contribution in [3.63, 3.8) is 0 Å². The Balaban J connectivity index is 0.744. The van der Waals surface area contributed by atoms with Crippen molar-refractivity contribution in [2.45, 2.75) is 37.8 Å². The summed E-state index contributed by atoms with van der Waals surface area (Å²) in [7, 11) is 0. The maximum absolute atomic E-state index is 5.56. The van der Waals surface area contributed by atoms with E-state index >= 15 is 0 Å². The van der Waals surface area contributed by atoms with Crippen LogP contribution < -0.4 is 16.0 Å². The number of nitrogens with zero attached hydrogens (tertiary/aromatic N) is 3. The molecular formula is C80H60N6. The molecule has 0 bridgehead atoms. The number of hydrogen-bond donors (Lipinski definition) is 3. The molecule has 2 heterocycles. The van der Waals surface area contributed by atoms with Gasteiger partial charge < -0.3 is 10.6 Å². The van der Waals surface area contributed by atoms with E-state index in [1.807, 2.05) is 0 Å². The maximum atomic E-state index is 5.56. The smallest absolute Gasteiger partial charge is 0.159 e. The molecule has 4 atom stereocenters. The van der Waals surface area contributed by atoms with E-state index in [0.29, 0.717) is 0 Å². The van der Waals surface area contributed by atoms with Gasteiger partial charge in [-0.25, -0.2) is 15.0 Å². The fourth-order valence-electron chi connectivity index (χ4n) is 13.6. The SMILES string of the molecule is C1=CC2=C(CC1)C(C1N=C(c3ccc(-c4ccccc4)c4ccccc34)N=C(c3cccc(-c4cccc(C5=NC(c6ccccc6)NC(c6cc(-c7ccc(-c8cc9ccccc9c9ccccc89)cc7)c7ccccc7c6)N5)c4)c3)N1)CC=C2. The van der Waals surface area contributed by atoms with E-state index in [1.165, 1.54) is 76.7 Å². The lowest BCUT2D eigenvalue weighted by atomic mass is 9.80. The van der Waals surface area contributed by atoms with Crippen LogP contribution in [0.1, 0.15) is 59.4 Å². The van der Waals surface area contributed by atoms with Crippen LogP contribution in [0.3, 0.4) is 0 Å². The normalized spacial score (nSPS) is 18.3. The molecule has 2 aliphatic heterocycles. The van der Waals surface area contributed by atoms with Crippen LogP contribution in [-0.2, 0) is 0 Å². The fraction of sp³-hybridized carbons (Fsp3) is 0.0875. The highest BCUT2D eigenvalue weighted by Crippen LogP contribution is 2.41. The summed E-state index contributed by atoms with van der Waals surface area (Å²) in [4.78, 5) is 16.5. The van der Waals surface area contributed by atoms with Crippen LogP contribution in [-0.4, -0.2) is 23.7 Å². The van der Waals surface area contributed by atoms with Crippen molar-refractivity contribution in [1.82, 2.24) is 16.0 Å². The third kappa shape index (κ3) is 9.51. The highest BCUT2D eigenvalue weighted by atomic mass is 15.3. The summed E-state index contributed by atoms with van der Waals surface area (Å²) < 4.78 is 0. The number of allylic oxidation sites excluding steroid dienone is 5. The molecule has 410 valence electrons. The monoisotopic (exact) mass is 1100 g/mol. The average molecular weight is 1110 g/mol. The van der Waals surface area contributed by atoms with Crippen molar-refractivity contribution in [1.29, 1.82) is 0 Å². The first-order valence-corrected chi connectivity index (χ1v) is 30.1. The number of fused-ring (bicyclic) bond motifs is 5. The summed E-state index contributed by atoms with van der Waals surface area (Å²) in [6.45, 7) is 0. The van der Waals surface area contributed by atoms with Crippen LogP contribution in [0.15, 0.2) is 311 Å². The molecule has 16 rings (SSSR count). The van der Waals surface area contributed by atoms with Crippen molar-refractivity contribution in [3.8, 4) is 44.5 Å². The van der Waals surface area contributed by atoms with Crippen molar-refractivity contribution in [2.24, 2.45) is 20.9 Å². The van der Waals surface area contributed by atoms with Gasteiger partial charge in [-0.05, 0) is 160 Å². The quantitative estimate of drug-likeness (QED) is 0.120. The summed E-state index contributed by atoms with van der Waals surface area (Å²) in [6, 6.07) is 94.4. The number of benzene rings is 12. The Morgan fingerprint density at radius 2 is 0.907 bits per heavy atom. The third-order valence-corrected chi connectivity index (χ3v) is 17.9. The zero-order chi connectivity index (χ0) is 56.9. The standard InChI is InChI=1S/C80H60N6/c1-3-20-51(21-4-1)66-44-45-72(69-37-15-13-36-68(66)69)80-85-77(84-79(86-80)71-39-19-27-52-22-7-10-32-63(52)71)61-31-18-29-57(47-61)56-28-17-30-60(46-56)76-81-75(55-23-5-2-6-24-55)82-78(83-76)62-48-58-25-8-12-34-65(58)73(50-62)53-40-42-54(43-41-53)74-49-59-26-9-11-33-64(59)67-35-14-16-38-70(67)74/h1-9,11-31,33-38,40-50,71,75,78-79,82H,10,32,39H2,(H,81,83)(H,84,85,86). The van der Waals surface area contributed by atoms with E-state index in [2.05, 4.69) is 301 Å². The summed E-state index contributed by atoms with van der Waals surface area (Å²) in [6.07, 6.45) is 11.4. The minimum Gasteiger partial charge on any atom is -0.350 e. The van der Waals surface area contributed by atoms with Crippen LogP contribution in [0.25, 0.3) is 87.6 Å². The van der Waals surface area contributed by atoms with Crippen LogP contribution in [0.4, 0.5) is 0 Å². The van der Waals surface area contributed by atoms with Gasteiger partial charge in [-0.1, -0.05) is 254 Å². The molecule has 12 aromatic carbocycles. The van der Waals surface area contributed by atoms with E-state index in [1.54, 1.807) is 0 Å². The van der Waals surface area contributed by atoms with Crippen molar-refractivity contribution in [3.05, 3.63) is 324 Å². The molecule has 0 radical (unpaired) electrons. The molecule has 0 spiro atoms. The van der Waals surface area contributed by atoms with Gasteiger partial charge >= 0.3 is 0 Å². The number of hydrogen-bond acceptors (Lipinski definition) is 6. The Bertz CT molecular complexity index is 4830. The second-order valence-corrected chi connectivity index (χ2v) is 23.0. The van der Waals surface area contributed by atoms with E-state index in [4.69, 9.17) is 15.0 Å². The van der Waals surface area contributed by atoms with Crippen LogP contribution >= 0.6 is 0 Å². The van der Waals surface area contributed by atoms with Crippen LogP contribution in [0.5, 0.6) is 0 Å². The van der Waals surface area contributed by atoms with E-state index in [0.717, 1.165) is 86.7 Å². The Labute approximate surface area is 501 Å². The summed E-state index contributed by atoms with van der Waals surface area (Å²) in [5.74, 6) is 2.57. The lowest BCUT2D eigenvalue weighted by Gasteiger charge is -2.34. The molecule has 0 amide bonds. The Morgan fingerprint density at radius 3 is 1.64 bits per heavy atom. The van der Waals surface area contributed by atoms with Gasteiger partial charge in [-0.15, -0.1) is 0 Å². The van der Waals surface area contributed by atoms with Gasteiger partial charge in [0, 0.05) is 22.6 Å². The van der Waals surface area contributed by atoms with E-state index < -0.39 is 0 Å². The van der Waals surface area contributed by atoms with E-state index in [-0.39, 0.29) is 24.4 Å². The number of rotatable bonds is 10.